The number of piperidine rings is 1. The topological polar surface area (TPSA) is 61.8 Å². The number of nitrogens with zero attached hydrogens (tertiary/aromatic N) is 2. The fraction of sp³-hybridized carbons (Fsp3) is 0.588. The number of guanidine groups is 1. The number of aliphatic imine (C=N–C) groups is 1. The molecular formula is C17H27N3O2S. The van der Waals surface area contributed by atoms with Gasteiger partial charge in [-0.05, 0) is 37.3 Å². The zero-order valence-corrected chi connectivity index (χ0v) is 14.8. The third-order valence-corrected chi connectivity index (χ3v) is 5.96. The Hall–Kier alpha value is -1.56. The quantitative estimate of drug-likeness (QED) is 0.508. The van der Waals surface area contributed by atoms with Crippen LogP contribution in [0.25, 0.3) is 0 Å². The lowest BCUT2D eigenvalue weighted by Gasteiger charge is -2.33. The Bertz CT molecular complexity index is 614. The van der Waals surface area contributed by atoms with E-state index in [4.69, 9.17) is 0 Å². The summed E-state index contributed by atoms with van der Waals surface area (Å²) in [6.07, 6.45) is 3.02. The van der Waals surface area contributed by atoms with Gasteiger partial charge >= 0.3 is 0 Å². The van der Waals surface area contributed by atoms with Gasteiger partial charge in [-0.15, -0.1) is 0 Å². The Kier molecular flexibility index (Phi) is 6.45. The third-order valence-electron chi connectivity index (χ3n) is 4.14. The van der Waals surface area contributed by atoms with Gasteiger partial charge in [0.05, 0.1) is 10.6 Å². The predicted molar refractivity (Wildman–Crippen MR) is 94.4 cm³/mol. The molecule has 128 valence electrons. The molecule has 1 saturated heterocycles. The van der Waals surface area contributed by atoms with E-state index >= 15 is 0 Å². The van der Waals surface area contributed by atoms with Crippen LogP contribution in [0.3, 0.4) is 0 Å². The molecule has 1 unspecified atom stereocenters. The number of benzene rings is 1. The molecule has 1 aliphatic heterocycles. The van der Waals surface area contributed by atoms with E-state index in [9.17, 15) is 8.42 Å². The highest BCUT2D eigenvalue weighted by atomic mass is 32.2. The second-order valence-electron chi connectivity index (χ2n) is 6.15. The maximum Gasteiger partial charge on any atom is 0.193 e. The van der Waals surface area contributed by atoms with Gasteiger partial charge in [-0.25, -0.2) is 8.42 Å². The molecule has 1 aromatic carbocycles. The first-order valence-electron chi connectivity index (χ1n) is 8.26. The minimum atomic E-state index is -3.19. The van der Waals surface area contributed by atoms with Crippen molar-refractivity contribution in [3.8, 4) is 0 Å². The summed E-state index contributed by atoms with van der Waals surface area (Å²) in [7, 11) is -1.41. The van der Waals surface area contributed by atoms with Crippen LogP contribution < -0.4 is 5.32 Å². The van der Waals surface area contributed by atoms with Gasteiger partial charge in [-0.2, -0.15) is 0 Å². The van der Waals surface area contributed by atoms with Gasteiger partial charge in [0.15, 0.2) is 15.8 Å². The van der Waals surface area contributed by atoms with Gasteiger partial charge in [-0.3, -0.25) is 4.99 Å². The Labute approximate surface area is 139 Å². The monoisotopic (exact) mass is 337 g/mol. The van der Waals surface area contributed by atoms with E-state index in [1.54, 1.807) is 31.3 Å². The van der Waals surface area contributed by atoms with Gasteiger partial charge in [0.25, 0.3) is 0 Å². The van der Waals surface area contributed by atoms with Crippen LogP contribution in [0, 0.1) is 5.92 Å². The molecular weight excluding hydrogens is 310 g/mol. The van der Waals surface area contributed by atoms with E-state index in [2.05, 4.69) is 22.1 Å². The second kappa shape index (κ2) is 8.34. The molecule has 0 amide bonds. The number of hydrogen-bond acceptors (Lipinski definition) is 3. The summed E-state index contributed by atoms with van der Waals surface area (Å²) in [6, 6.07) is 8.63. The van der Waals surface area contributed by atoms with Crippen LogP contribution in [-0.4, -0.2) is 51.7 Å². The van der Waals surface area contributed by atoms with Crippen molar-refractivity contribution >= 4 is 15.8 Å². The number of sulfone groups is 1. The standard InChI is InChI=1S/C17H27N3O2S/c1-15-8-6-12-20(14-15)17(18-2)19-11-7-13-23(21,22)16-9-4-3-5-10-16/h3-5,9-10,15H,6-8,11-14H2,1-2H3,(H,18,19). The van der Waals surface area contributed by atoms with Gasteiger partial charge in [0.1, 0.15) is 0 Å². The normalized spacial score (nSPS) is 19.7. The molecule has 0 saturated carbocycles. The zero-order valence-electron chi connectivity index (χ0n) is 14.0. The molecule has 1 aliphatic rings. The smallest absolute Gasteiger partial charge is 0.193 e. The average Bonchev–Trinajstić information content (AvgIpc) is 2.56. The number of rotatable bonds is 5. The minimum absolute atomic E-state index is 0.150. The zero-order chi connectivity index (χ0) is 16.7. The summed E-state index contributed by atoms with van der Waals surface area (Å²) < 4.78 is 24.4. The summed E-state index contributed by atoms with van der Waals surface area (Å²) >= 11 is 0. The molecule has 23 heavy (non-hydrogen) atoms. The summed E-state index contributed by atoms with van der Waals surface area (Å²) in [5.41, 5.74) is 0. The molecule has 6 heteroatoms. The van der Waals surface area contributed by atoms with Crippen LogP contribution in [0.4, 0.5) is 0 Å². The number of hydrogen-bond donors (Lipinski definition) is 1. The molecule has 0 aromatic heterocycles. The Morgan fingerprint density at radius 3 is 2.74 bits per heavy atom. The van der Waals surface area contributed by atoms with Crippen molar-refractivity contribution in [3.63, 3.8) is 0 Å². The van der Waals surface area contributed by atoms with Crippen molar-refractivity contribution in [2.75, 3.05) is 32.4 Å². The highest BCUT2D eigenvalue weighted by molar-refractivity contribution is 7.91. The Balaban J connectivity index is 1.80. The van der Waals surface area contributed by atoms with E-state index in [0.717, 1.165) is 19.0 Å². The van der Waals surface area contributed by atoms with Gasteiger partial charge < -0.3 is 10.2 Å². The average molecular weight is 337 g/mol. The van der Waals surface area contributed by atoms with E-state index in [0.29, 0.717) is 23.8 Å². The van der Waals surface area contributed by atoms with Crippen LogP contribution in [0.2, 0.25) is 0 Å². The van der Waals surface area contributed by atoms with Gasteiger partial charge in [-0.1, -0.05) is 25.1 Å². The molecule has 2 rings (SSSR count). The van der Waals surface area contributed by atoms with E-state index in [1.165, 1.54) is 12.8 Å². The molecule has 0 radical (unpaired) electrons. The lowest BCUT2D eigenvalue weighted by atomic mass is 10.0. The molecule has 1 heterocycles. The van der Waals surface area contributed by atoms with Gasteiger partial charge in [0, 0.05) is 26.7 Å². The largest absolute Gasteiger partial charge is 0.356 e. The Morgan fingerprint density at radius 2 is 2.09 bits per heavy atom. The summed E-state index contributed by atoms with van der Waals surface area (Å²) in [5, 5.41) is 3.30. The summed E-state index contributed by atoms with van der Waals surface area (Å²) in [4.78, 5) is 6.98. The first-order chi connectivity index (χ1) is 11.0. The van der Waals surface area contributed by atoms with Crippen LogP contribution in [0.1, 0.15) is 26.2 Å². The molecule has 0 aliphatic carbocycles. The molecule has 1 N–H and O–H groups in total. The van der Waals surface area contributed by atoms with Crippen LogP contribution in [0.15, 0.2) is 40.2 Å². The van der Waals surface area contributed by atoms with Crippen molar-refractivity contribution in [1.29, 1.82) is 0 Å². The highest BCUT2D eigenvalue weighted by Gasteiger charge is 2.19. The number of likely N-dealkylation sites (tertiary alicyclic amines) is 1. The predicted octanol–water partition coefficient (Wildman–Crippen LogP) is 2.16. The van der Waals surface area contributed by atoms with Crippen LogP contribution in [-0.2, 0) is 9.84 Å². The lowest BCUT2D eigenvalue weighted by Crippen LogP contribution is -2.46. The fourth-order valence-corrected chi connectivity index (χ4v) is 4.25. The second-order valence-corrected chi connectivity index (χ2v) is 8.26. The fourth-order valence-electron chi connectivity index (χ4n) is 2.92. The van der Waals surface area contributed by atoms with Crippen molar-refractivity contribution in [2.45, 2.75) is 31.1 Å². The summed E-state index contributed by atoms with van der Waals surface area (Å²) in [6.45, 7) is 4.91. The molecule has 1 atom stereocenters. The lowest BCUT2D eigenvalue weighted by molar-refractivity contribution is 0.266. The SMILES string of the molecule is CN=C(NCCCS(=O)(=O)c1ccccc1)N1CCCC(C)C1. The van der Waals surface area contributed by atoms with E-state index in [-0.39, 0.29) is 5.75 Å². The first kappa shape index (κ1) is 17.8. The van der Waals surface area contributed by atoms with Crippen LogP contribution in [0.5, 0.6) is 0 Å². The molecule has 1 fully saturated rings. The molecule has 1 aromatic rings. The molecule has 0 spiro atoms. The first-order valence-corrected chi connectivity index (χ1v) is 9.91. The van der Waals surface area contributed by atoms with Crippen molar-refractivity contribution in [1.82, 2.24) is 10.2 Å². The molecule has 0 bridgehead atoms. The summed E-state index contributed by atoms with van der Waals surface area (Å²) in [5.74, 6) is 1.71. The minimum Gasteiger partial charge on any atom is -0.356 e. The molecule has 5 nitrogen and oxygen atoms in total. The maximum atomic E-state index is 12.2. The van der Waals surface area contributed by atoms with E-state index in [1.807, 2.05) is 6.07 Å². The highest BCUT2D eigenvalue weighted by Crippen LogP contribution is 2.15. The Morgan fingerprint density at radius 1 is 1.35 bits per heavy atom. The maximum absolute atomic E-state index is 12.2. The van der Waals surface area contributed by atoms with E-state index < -0.39 is 9.84 Å². The third kappa shape index (κ3) is 5.23. The number of nitrogens with one attached hydrogen (secondary N) is 1. The van der Waals surface area contributed by atoms with Crippen molar-refractivity contribution < 1.29 is 8.42 Å². The van der Waals surface area contributed by atoms with Crippen molar-refractivity contribution in [3.05, 3.63) is 30.3 Å². The van der Waals surface area contributed by atoms with Crippen molar-refractivity contribution in [2.24, 2.45) is 10.9 Å². The van der Waals surface area contributed by atoms with Crippen LogP contribution >= 0.6 is 0 Å². The van der Waals surface area contributed by atoms with Gasteiger partial charge in [0.2, 0.25) is 0 Å².